The first kappa shape index (κ1) is 17.8. The molecule has 4 heterocycles. The van der Waals surface area contributed by atoms with E-state index in [1.54, 1.807) is 12.1 Å². The first-order valence-corrected chi connectivity index (χ1v) is 9.04. The highest BCUT2D eigenvalue weighted by atomic mass is 16.6. The molecule has 0 saturated heterocycles. The summed E-state index contributed by atoms with van der Waals surface area (Å²) in [5.41, 5.74) is 1.33. The Morgan fingerprint density at radius 2 is 2.13 bits per heavy atom. The van der Waals surface area contributed by atoms with E-state index in [1.807, 2.05) is 30.3 Å². The number of hydrazone groups is 1. The number of amides is 1. The van der Waals surface area contributed by atoms with Crippen molar-refractivity contribution in [2.24, 2.45) is 5.10 Å². The second-order valence-electron chi connectivity index (χ2n) is 6.67. The lowest BCUT2D eigenvalue weighted by molar-refractivity contribution is -0.394. The van der Waals surface area contributed by atoms with Gasteiger partial charge in [-0.3, -0.25) is 4.79 Å². The van der Waals surface area contributed by atoms with Gasteiger partial charge < -0.3 is 18.9 Å². The molecule has 1 amide bonds. The zero-order valence-corrected chi connectivity index (χ0v) is 15.4. The van der Waals surface area contributed by atoms with E-state index in [4.69, 9.17) is 8.83 Å². The Morgan fingerprint density at radius 3 is 2.87 bits per heavy atom. The van der Waals surface area contributed by atoms with Gasteiger partial charge in [-0.05, 0) is 29.2 Å². The van der Waals surface area contributed by atoms with Crippen molar-refractivity contribution in [3.63, 3.8) is 0 Å². The van der Waals surface area contributed by atoms with Crippen LogP contribution >= 0.6 is 0 Å². The van der Waals surface area contributed by atoms with E-state index in [-0.39, 0.29) is 6.54 Å². The molecule has 11 nitrogen and oxygen atoms in total. The maximum atomic E-state index is 12.9. The minimum atomic E-state index is -0.722. The van der Waals surface area contributed by atoms with Crippen LogP contribution in [-0.2, 0) is 11.3 Å². The predicted molar refractivity (Wildman–Crippen MR) is 102 cm³/mol. The van der Waals surface area contributed by atoms with Crippen LogP contribution in [0.15, 0.2) is 69.0 Å². The average molecular weight is 406 g/mol. The summed E-state index contributed by atoms with van der Waals surface area (Å²) in [6.45, 7) is -0.255. The van der Waals surface area contributed by atoms with E-state index in [2.05, 4.69) is 15.2 Å². The monoisotopic (exact) mass is 406 g/mol. The predicted octanol–water partition coefficient (Wildman–Crippen LogP) is 2.90. The van der Waals surface area contributed by atoms with Crippen LogP contribution in [-0.4, -0.2) is 36.3 Å². The molecule has 1 aromatic carbocycles. The fourth-order valence-electron chi connectivity index (χ4n) is 3.37. The standard InChI is InChI=1S/C19H14N6O5/c26-18(10-23-11-20-19(22-23)25(27)28)24-14(16-6-3-7-29-16)9-13(21-24)17-8-12-4-1-2-5-15(12)30-17/h1-8,11,14H,9-10H2. The number of benzene rings is 1. The minimum Gasteiger partial charge on any atom is -0.467 e. The molecule has 4 aromatic rings. The van der Waals surface area contributed by atoms with E-state index >= 15 is 0 Å². The first-order chi connectivity index (χ1) is 14.6. The normalized spacial score (nSPS) is 16.2. The largest absolute Gasteiger partial charge is 0.490 e. The van der Waals surface area contributed by atoms with Crippen LogP contribution in [0.2, 0.25) is 0 Å². The third kappa shape index (κ3) is 3.11. The molecular weight excluding hydrogens is 392 g/mol. The fourth-order valence-corrected chi connectivity index (χ4v) is 3.37. The Morgan fingerprint density at radius 1 is 1.27 bits per heavy atom. The highest BCUT2D eigenvalue weighted by molar-refractivity contribution is 6.03. The molecule has 5 rings (SSSR count). The topological polar surface area (TPSA) is 133 Å². The lowest BCUT2D eigenvalue weighted by Gasteiger charge is -2.19. The number of hydrogen-bond donors (Lipinski definition) is 0. The van der Waals surface area contributed by atoms with Gasteiger partial charge in [0.15, 0.2) is 5.76 Å². The third-order valence-corrected chi connectivity index (χ3v) is 4.73. The lowest BCUT2D eigenvalue weighted by atomic mass is 10.1. The summed E-state index contributed by atoms with van der Waals surface area (Å²) < 4.78 is 12.5. The van der Waals surface area contributed by atoms with Gasteiger partial charge in [0, 0.05) is 16.9 Å². The van der Waals surface area contributed by atoms with Gasteiger partial charge in [-0.15, -0.1) is 0 Å². The molecule has 0 N–H and O–H groups in total. The number of aromatic nitrogens is 3. The second kappa shape index (κ2) is 6.95. The summed E-state index contributed by atoms with van der Waals surface area (Å²) in [7, 11) is 0. The average Bonchev–Trinajstić information content (AvgIpc) is 3.52. The summed E-state index contributed by atoms with van der Waals surface area (Å²) in [6, 6.07) is 12.5. The van der Waals surface area contributed by atoms with Crippen LogP contribution in [0.25, 0.3) is 11.0 Å². The number of furan rings is 2. The molecular formula is C19H14N6O5. The van der Waals surface area contributed by atoms with E-state index in [1.165, 1.54) is 11.3 Å². The maximum Gasteiger partial charge on any atom is 0.490 e. The van der Waals surface area contributed by atoms with Gasteiger partial charge in [-0.1, -0.05) is 23.2 Å². The van der Waals surface area contributed by atoms with Crippen molar-refractivity contribution < 1.29 is 18.6 Å². The van der Waals surface area contributed by atoms with Crippen LogP contribution in [0.3, 0.4) is 0 Å². The Hall–Kier alpha value is -4.28. The number of nitro groups is 1. The number of fused-ring (bicyclic) bond motifs is 1. The van der Waals surface area contributed by atoms with Crippen molar-refractivity contribution in [3.8, 4) is 0 Å². The molecule has 1 aliphatic heterocycles. The number of nitrogens with zero attached hydrogens (tertiary/aromatic N) is 6. The molecule has 30 heavy (non-hydrogen) atoms. The molecule has 0 radical (unpaired) electrons. The molecule has 11 heteroatoms. The zero-order chi connectivity index (χ0) is 20.7. The lowest BCUT2D eigenvalue weighted by Crippen LogP contribution is -2.30. The number of rotatable bonds is 5. The zero-order valence-electron chi connectivity index (χ0n) is 15.4. The molecule has 3 aromatic heterocycles. The number of carbonyl (C=O) groups excluding carboxylic acids is 1. The number of hydrogen-bond acceptors (Lipinski definition) is 8. The van der Waals surface area contributed by atoms with Gasteiger partial charge in [0.1, 0.15) is 29.6 Å². The molecule has 1 unspecified atom stereocenters. The van der Waals surface area contributed by atoms with Gasteiger partial charge in [0.05, 0.1) is 6.26 Å². The van der Waals surface area contributed by atoms with E-state index in [0.717, 1.165) is 22.0 Å². The molecule has 0 bridgehead atoms. The van der Waals surface area contributed by atoms with Crippen molar-refractivity contribution in [1.29, 1.82) is 0 Å². The summed E-state index contributed by atoms with van der Waals surface area (Å²) in [6.07, 6.45) is 3.06. The van der Waals surface area contributed by atoms with Crippen molar-refractivity contribution in [3.05, 3.63) is 76.7 Å². The van der Waals surface area contributed by atoms with Gasteiger partial charge in [-0.2, -0.15) is 9.78 Å². The summed E-state index contributed by atoms with van der Waals surface area (Å²) in [4.78, 5) is 26.5. The highest BCUT2D eigenvalue weighted by Gasteiger charge is 2.36. The van der Waals surface area contributed by atoms with E-state index in [9.17, 15) is 14.9 Å². The van der Waals surface area contributed by atoms with Crippen molar-refractivity contribution in [2.45, 2.75) is 19.0 Å². The van der Waals surface area contributed by atoms with E-state index < -0.39 is 22.8 Å². The number of carbonyl (C=O) groups is 1. The van der Waals surface area contributed by atoms with Gasteiger partial charge >= 0.3 is 5.95 Å². The Kier molecular flexibility index (Phi) is 4.12. The molecule has 0 aliphatic carbocycles. The van der Waals surface area contributed by atoms with Gasteiger partial charge in [0.25, 0.3) is 5.91 Å². The molecule has 0 spiro atoms. The molecule has 150 valence electrons. The van der Waals surface area contributed by atoms with Crippen molar-refractivity contribution in [1.82, 2.24) is 19.8 Å². The quantitative estimate of drug-likeness (QED) is 0.367. The van der Waals surface area contributed by atoms with Crippen LogP contribution in [0.5, 0.6) is 0 Å². The molecule has 0 fully saturated rings. The molecule has 1 aliphatic rings. The summed E-state index contributed by atoms with van der Waals surface area (Å²) in [5.74, 6) is 0.155. The molecule has 1 atom stereocenters. The van der Waals surface area contributed by atoms with E-state index in [0.29, 0.717) is 23.7 Å². The minimum absolute atomic E-state index is 0.255. The van der Waals surface area contributed by atoms with Crippen LogP contribution in [0.1, 0.15) is 24.0 Å². The third-order valence-electron chi connectivity index (χ3n) is 4.73. The Labute approximate surface area is 168 Å². The number of para-hydroxylation sites is 1. The second-order valence-corrected chi connectivity index (χ2v) is 6.67. The van der Waals surface area contributed by atoms with Gasteiger partial charge in [-0.25, -0.2) is 5.01 Å². The summed E-state index contributed by atoms with van der Waals surface area (Å²) >= 11 is 0. The maximum absolute atomic E-state index is 12.9. The highest BCUT2D eigenvalue weighted by Crippen LogP contribution is 2.34. The SMILES string of the molecule is O=C(Cn1cnc([N+](=O)[O-])n1)N1N=C(c2cc3ccccc3o2)CC1c1ccco1. The fraction of sp³-hybridized carbons (Fsp3) is 0.158. The Bertz CT molecular complexity index is 1240. The van der Waals surface area contributed by atoms with Gasteiger partial charge in [0.2, 0.25) is 6.33 Å². The summed E-state index contributed by atoms with van der Waals surface area (Å²) in [5, 5.41) is 21.2. The molecule has 0 saturated carbocycles. The first-order valence-electron chi connectivity index (χ1n) is 9.04. The van der Waals surface area contributed by atoms with Crippen LogP contribution < -0.4 is 0 Å². The van der Waals surface area contributed by atoms with Crippen molar-refractivity contribution in [2.75, 3.05) is 0 Å². The van der Waals surface area contributed by atoms with Crippen LogP contribution in [0, 0.1) is 10.1 Å². The van der Waals surface area contributed by atoms with Crippen LogP contribution in [0.4, 0.5) is 5.95 Å². The smallest absolute Gasteiger partial charge is 0.467 e. The Balaban J connectivity index is 1.45. The van der Waals surface area contributed by atoms with Crippen molar-refractivity contribution >= 4 is 28.5 Å².